The molecule has 2 rings (SSSR count). The molecule has 0 spiro atoms. The monoisotopic (exact) mass is 536 g/mol. The van der Waals surface area contributed by atoms with E-state index in [1.54, 1.807) is 20.2 Å². The second-order valence-electron chi connectivity index (χ2n) is 7.46. The maximum atomic E-state index is 13.8. The van der Waals surface area contributed by atoms with Gasteiger partial charge in [-0.15, -0.1) is 24.0 Å². The van der Waals surface area contributed by atoms with Gasteiger partial charge in [0.15, 0.2) is 5.96 Å². The number of halogens is 2. The zero-order chi connectivity index (χ0) is 21.1. The third-order valence-electron chi connectivity index (χ3n) is 5.68. The molecule has 1 heterocycles. The lowest BCUT2D eigenvalue weighted by molar-refractivity contribution is 0.00272. The molecule has 1 aliphatic rings. The van der Waals surface area contributed by atoms with Gasteiger partial charge >= 0.3 is 0 Å². The highest BCUT2D eigenvalue weighted by atomic mass is 127. The highest BCUT2D eigenvalue weighted by molar-refractivity contribution is 14.0. The largest absolute Gasteiger partial charge is 0.380 e. The Balaban J connectivity index is 0.00000450. The first-order valence-corrected chi connectivity index (χ1v) is 10.6. The molecule has 0 amide bonds. The highest BCUT2D eigenvalue weighted by Gasteiger charge is 2.27. The zero-order valence-corrected chi connectivity index (χ0v) is 21.1. The number of hydrogen-bond donors (Lipinski definition) is 2. The first-order chi connectivity index (χ1) is 14.1. The molecule has 30 heavy (non-hydrogen) atoms. The first kappa shape index (κ1) is 27.1. The van der Waals surface area contributed by atoms with Crippen LogP contribution in [0.5, 0.6) is 0 Å². The quantitative estimate of drug-likeness (QED) is 0.273. The Hall–Kier alpha value is -0.970. The molecule has 0 aliphatic carbocycles. The van der Waals surface area contributed by atoms with Gasteiger partial charge in [0.2, 0.25) is 0 Å². The van der Waals surface area contributed by atoms with E-state index in [1.165, 1.54) is 6.07 Å². The van der Waals surface area contributed by atoms with E-state index in [1.807, 2.05) is 6.07 Å². The Kier molecular flexibility index (Phi) is 13.5. The molecule has 6 nitrogen and oxygen atoms in total. The molecule has 1 aromatic carbocycles. The van der Waals surface area contributed by atoms with Gasteiger partial charge in [-0.3, -0.25) is 9.89 Å². The molecule has 0 bridgehead atoms. The minimum Gasteiger partial charge on any atom is -0.380 e. The molecular formula is C22H38FIN4O2. The van der Waals surface area contributed by atoms with Crippen LogP contribution in [0.25, 0.3) is 0 Å². The summed E-state index contributed by atoms with van der Waals surface area (Å²) in [6, 6.07) is 5.56. The standard InChI is InChI=1S/C22H37FN4O2.HI/c1-5-18(6-2)21(27-9-11-29-12-10-27)15-26-22(24-3)25-14-17-7-8-20(23)19(13-17)16-28-4;/h7-8,13,18,21H,5-6,9-12,14-16H2,1-4H3,(H2,24,25,26);1H. The van der Waals surface area contributed by atoms with Crippen LogP contribution in [0.3, 0.4) is 0 Å². The summed E-state index contributed by atoms with van der Waals surface area (Å²) in [7, 11) is 3.35. The van der Waals surface area contributed by atoms with E-state index < -0.39 is 0 Å². The number of morpholine rings is 1. The molecule has 0 saturated carbocycles. The van der Waals surface area contributed by atoms with Gasteiger partial charge in [0, 0.05) is 51.9 Å². The molecule has 1 saturated heterocycles. The number of methoxy groups -OCH3 is 1. The second-order valence-corrected chi connectivity index (χ2v) is 7.46. The lowest BCUT2D eigenvalue weighted by atomic mass is 9.92. The normalized spacial score (nSPS) is 16.3. The van der Waals surface area contributed by atoms with Crippen molar-refractivity contribution in [1.29, 1.82) is 0 Å². The maximum Gasteiger partial charge on any atom is 0.191 e. The molecule has 2 N–H and O–H groups in total. The molecule has 1 aromatic rings. The molecule has 1 aliphatic heterocycles. The maximum absolute atomic E-state index is 13.8. The summed E-state index contributed by atoms with van der Waals surface area (Å²) in [5.74, 6) is 1.15. The van der Waals surface area contributed by atoms with Crippen molar-refractivity contribution in [2.75, 3.05) is 47.0 Å². The van der Waals surface area contributed by atoms with Crippen LogP contribution in [0.4, 0.5) is 4.39 Å². The minimum absolute atomic E-state index is 0. The smallest absolute Gasteiger partial charge is 0.191 e. The second kappa shape index (κ2) is 14.9. The summed E-state index contributed by atoms with van der Waals surface area (Å²) in [4.78, 5) is 6.90. The first-order valence-electron chi connectivity index (χ1n) is 10.6. The topological polar surface area (TPSA) is 58.1 Å². The predicted molar refractivity (Wildman–Crippen MR) is 131 cm³/mol. The van der Waals surface area contributed by atoms with Crippen LogP contribution in [0, 0.1) is 11.7 Å². The molecular weight excluding hydrogens is 498 g/mol. The van der Waals surface area contributed by atoms with Crippen molar-refractivity contribution in [2.45, 2.75) is 45.9 Å². The van der Waals surface area contributed by atoms with Crippen LogP contribution in [0.15, 0.2) is 23.2 Å². The van der Waals surface area contributed by atoms with E-state index in [0.29, 0.717) is 24.1 Å². The molecule has 1 fully saturated rings. The Morgan fingerprint density at radius 1 is 1.23 bits per heavy atom. The van der Waals surface area contributed by atoms with E-state index in [0.717, 1.165) is 57.2 Å². The van der Waals surface area contributed by atoms with E-state index in [4.69, 9.17) is 9.47 Å². The lowest BCUT2D eigenvalue weighted by Crippen LogP contribution is -2.53. The van der Waals surface area contributed by atoms with E-state index in [-0.39, 0.29) is 36.4 Å². The number of hydrogen-bond acceptors (Lipinski definition) is 4. The van der Waals surface area contributed by atoms with Gasteiger partial charge in [0.1, 0.15) is 5.82 Å². The Morgan fingerprint density at radius 2 is 1.93 bits per heavy atom. The van der Waals surface area contributed by atoms with Gasteiger partial charge < -0.3 is 20.1 Å². The average Bonchev–Trinajstić information content (AvgIpc) is 2.76. The van der Waals surface area contributed by atoms with Crippen molar-refractivity contribution in [3.63, 3.8) is 0 Å². The van der Waals surface area contributed by atoms with Crippen LogP contribution in [0.2, 0.25) is 0 Å². The molecule has 8 heteroatoms. The number of ether oxygens (including phenoxy) is 2. The highest BCUT2D eigenvalue weighted by Crippen LogP contribution is 2.19. The molecule has 1 atom stereocenters. The minimum atomic E-state index is -0.239. The van der Waals surface area contributed by atoms with Crippen LogP contribution < -0.4 is 10.6 Å². The van der Waals surface area contributed by atoms with Crippen molar-refractivity contribution in [2.24, 2.45) is 10.9 Å². The number of nitrogens with one attached hydrogen (secondary N) is 2. The summed E-state index contributed by atoms with van der Waals surface area (Å²) in [5.41, 5.74) is 1.56. The van der Waals surface area contributed by atoms with Gasteiger partial charge in [-0.25, -0.2) is 4.39 Å². The van der Waals surface area contributed by atoms with E-state index >= 15 is 0 Å². The number of rotatable bonds is 10. The third kappa shape index (κ3) is 8.28. The summed E-state index contributed by atoms with van der Waals surface area (Å²) >= 11 is 0. The number of nitrogens with zero attached hydrogens (tertiary/aromatic N) is 2. The summed E-state index contributed by atoms with van der Waals surface area (Å²) in [5, 5.41) is 6.84. The summed E-state index contributed by atoms with van der Waals surface area (Å²) in [6.45, 7) is 9.77. The van der Waals surface area contributed by atoms with Crippen LogP contribution in [-0.2, 0) is 22.6 Å². The molecule has 0 aromatic heterocycles. The molecule has 1 unspecified atom stereocenters. The van der Waals surface area contributed by atoms with Crippen molar-refractivity contribution < 1.29 is 13.9 Å². The third-order valence-corrected chi connectivity index (χ3v) is 5.68. The Morgan fingerprint density at radius 3 is 2.53 bits per heavy atom. The van der Waals surface area contributed by atoms with Crippen molar-refractivity contribution >= 4 is 29.9 Å². The fourth-order valence-electron chi connectivity index (χ4n) is 3.95. The average molecular weight is 536 g/mol. The SMILES string of the molecule is CCC(CC)C(CNC(=NC)NCc1ccc(F)c(COC)c1)N1CCOCC1.I. The summed E-state index contributed by atoms with van der Waals surface area (Å²) < 4.78 is 24.4. The molecule has 172 valence electrons. The van der Waals surface area contributed by atoms with Gasteiger partial charge in [-0.2, -0.15) is 0 Å². The van der Waals surface area contributed by atoms with Gasteiger partial charge in [0.25, 0.3) is 0 Å². The van der Waals surface area contributed by atoms with Crippen LogP contribution in [-0.4, -0.2) is 63.9 Å². The summed E-state index contributed by atoms with van der Waals surface area (Å²) in [6.07, 6.45) is 2.31. The number of benzene rings is 1. The van der Waals surface area contributed by atoms with Crippen LogP contribution >= 0.6 is 24.0 Å². The van der Waals surface area contributed by atoms with E-state index in [2.05, 4.69) is 34.4 Å². The van der Waals surface area contributed by atoms with Gasteiger partial charge in [-0.1, -0.05) is 32.8 Å². The zero-order valence-electron chi connectivity index (χ0n) is 18.7. The van der Waals surface area contributed by atoms with Crippen LogP contribution in [0.1, 0.15) is 37.8 Å². The number of aliphatic imine (C=N–C) groups is 1. The number of guanidine groups is 1. The van der Waals surface area contributed by atoms with Gasteiger partial charge in [0.05, 0.1) is 19.8 Å². The molecule has 0 radical (unpaired) electrons. The Labute approximate surface area is 198 Å². The fraction of sp³-hybridized carbons (Fsp3) is 0.682. The van der Waals surface area contributed by atoms with Crippen molar-refractivity contribution in [3.8, 4) is 0 Å². The van der Waals surface area contributed by atoms with Crippen molar-refractivity contribution in [1.82, 2.24) is 15.5 Å². The van der Waals surface area contributed by atoms with Gasteiger partial charge in [-0.05, 0) is 23.6 Å². The fourth-order valence-corrected chi connectivity index (χ4v) is 3.95. The predicted octanol–water partition coefficient (Wildman–Crippen LogP) is 3.39. The van der Waals surface area contributed by atoms with E-state index in [9.17, 15) is 4.39 Å². The lowest BCUT2D eigenvalue weighted by Gasteiger charge is -2.39. The van der Waals surface area contributed by atoms with Crippen molar-refractivity contribution in [3.05, 3.63) is 35.1 Å². The Bertz CT molecular complexity index is 638.